The van der Waals surface area contributed by atoms with Gasteiger partial charge in [0.05, 0.1) is 10.7 Å². The first-order valence-corrected chi connectivity index (χ1v) is 8.51. The van der Waals surface area contributed by atoms with Crippen LogP contribution in [0.25, 0.3) is 0 Å². The molecule has 0 saturated heterocycles. The summed E-state index contributed by atoms with van der Waals surface area (Å²) >= 11 is 6.82. The van der Waals surface area contributed by atoms with Gasteiger partial charge in [0.25, 0.3) is 5.91 Å². The van der Waals surface area contributed by atoms with Gasteiger partial charge in [-0.05, 0) is 53.0 Å². The average Bonchev–Trinajstić information content (AvgIpc) is 2.48. The summed E-state index contributed by atoms with van der Waals surface area (Å²) < 4.78 is 7.29. The van der Waals surface area contributed by atoms with E-state index < -0.39 is 0 Å². The number of hydrazone groups is 1. The fourth-order valence-corrected chi connectivity index (χ4v) is 3.43. The van der Waals surface area contributed by atoms with Crippen molar-refractivity contribution in [1.29, 1.82) is 0 Å². The summed E-state index contributed by atoms with van der Waals surface area (Å²) in [4.78, 5) is 11.8. The monoisotopic (exact) mass is 438 g/mol. The predicted molar refractivity (Wildman–Crippen MR) is 99.0 cm³/mol. The van der Waals surface area contributed by atoms with Crippen LogP contribution < -0.4 is 10.2 Å². The molecule has 0 atom stereocenters. The van der Waals surface area contributed by atoms with Crippen LogP contribution in [0.5, 0.6) is 5.75 Å². The van der Waals surface area contributed by atoms with Gasteiger partial charge in [0, 0.05) is 4.47 Å². The molecule has 0 aromatic heterocycles. The van der Waals surface area contributed by atoms with E-state index in [-0.39, 0.29) is 12.5 Å². The summed E-state index contributed by atoms with van der Waals surface area (Å²) in [5, 5.41) is 3.92. The van der Waals surface area contributed by atoms with Gasteiger partial charge in [-0.2, -0.15) is 5.10 Å². The predicted octanol–water partition coefficient (Wildman–Crippen LogP) is 4.36. The van der Waals surface area contributed by atoms with Crippen molar-refractivity contribution in [3.8, 4) is 5.75 Å². The molecular weight excluding hydrogens is 424 g/mol. The van der Waals surface area contributed by atoms with Crippen molar-refractivity contribution in [3.05, 3.63) is 62.0 Å². The molecule has 2 aromatic carbocycles. The number of hydrogen-bond donors (Lipinski definition) is 1. The zero-order valence-electron chi connectivity index (χ0n) is 12.8. The van der Waals surface area contributed by atoms with Crippen molar-refractivity contribution < 1.29 is 9.53 Å². The Hall–Kier alpha value is -1.66. The number of ether oxygens (including phenoxy) is 1. The summed E-state index contributed by atoms with van der Waals surface area (Å²) in [6.45, 7) is 3.83. The first kappa shape index (κ1) is 17.7. The number of hydrogen-bond acceptors (Lipinski definition) is 3. The fraction of sp³-hybridized carbons (Fsp3) is 0.176. The van der Waals surface area contributed by atoms with Crippen LogP contribution >= 0.6 is 31.9 Å². The molecule has 0 heterocycles. The van der Waals surface area contributed by atoms with E-state index in [1.165, 1.54) is 5.56 Å². The molecule has 1 amide bonds. The highest BCUT2D eigenvalue weighted by molar-refractivity contribution is 9.11. The molecule has 2 aromatic rings. The third-order valence-electron chi connectivity index (χ3n) is 3.02. The third-order valence-corrected chi connectivity index (χ3v) is 4.07. The van der Waals surface area contributed by atoms with Crippen LogP contribution in [-0.4, -0.2) is 18.7 Å². The molecule has 23 heavy (non-hydrogen) atoms. The van der Waals surface area contributed by atoms with E-state index in [4.69, 9.17) is 4.74 Å². The summed E-state index contributed by atoms with van der Waals surface area (Å²) in [5.41, 5.74) is 5.48. The van der Waals surface area contributed by atoms with E-state index in [1.807, 2.05) is 50.2 Å². The van der Waals surface area contributed by atoms with Crippen LogP contribution in [0.1, 0.15) is 16.7 Å². The minimum atomic E-state index is -0.317. The molecular formula is C17H16Br2N2O2. The summed E-state index contributed by atoms with van der Waals surface area (Å²) in [6, 6.07) is 11.6. The average molecular weight is 440 g/mol. The van der Waals surface area contributed by atoms with E-state index in [9.17, 15) is 4.79 Å². The molecule has 120 valence electrons. The third kappa shape index (κ3) is 5.48. The molecule has 0 radical (unpaired) electrons. The zero-order chi connectivity index (χ0) is 16.8. The number of aryl methyl sites for hydroxylation is 2. The minimum Gasteiger partial charge on any atom is -0.482 e. The normalized spacial score (nSPS) is 10.8. The highest BCUT2D eigenvalue weighted by Crippen LogP contribution is 2.32. The van der Waals surface area contributed by atoms with E-state index in [0.29, 0.717) is 5.75 Å². The highest BCUT2D eigenvalue weighted by atomic mass is 79.9. The molecule has 0 aliphatic heterocycles. The molecule has 4 nitrogen and oxygen atoms in total. The SMILES string of the molecule is Cc1ccc(C=NNC(=O)COc2c(C)cc(Br)cc2Br)cc1. The molecule has 0 aliphatic carbocycles. The van der Waals surface area contributed by atoms with Gasteiger partial charge in [0.1, 0.15) is 5.75 Å². The Morgan fingerprint density at radius 1 is 1.22 bits per heavy atom. The second-order valence-electron chi connectivity index (χ2n) is 5.03. The van der Waals surface area contributed by atoms with Crippen molar-refractivity contribution in [3.63, 3.8) is 0 Å². The molecule has 0 spiro atoms. The Bertz CT molecular complexity index is 705. The van der Waals surface area contributed by atoms with Crippen LogP contribution in [0.3, 0.4) is 0 Å². The Morgan fingerprint density at radius 2 is 1.91 bits per heavy atom. The first-order chi connectivity index (χ1) is 11.0. The maximum absolute atomic E-state index is 11.8. The van der Waals surface area contributed by atoms with Crippen molar-refractivity contribution in [1.82, 2.24) is 5.43 Å². The van der Waals surface area contributed by atoms with Gasteiger partial charge in [-0.15, -0.1) is 0 Å². The van der Waals surface area contributed by atoms with Gasteiger partial charge in [-0.1, -0.05) is 45.8 Å². The number of nitrogens with one attached hydrogen (secondary N) is 1. The van der Waals surface area contributed by atoms with Gasteiger partial charge in [-0.3, -0.25) is 4.79 Å². The van der Waals surface area contributed by atoms with Crippen LogP contribution in [0.2, 0.25) is 0 Å². The number of carbonyl (C=O) groups excluding carboxylic acids is 1. The van der Waals surface area contributed by atoms with Crippen molar-refractivity contribution in [2.24, 2.45) is 5.10 Å². The number of rotatable bonds is 5. The summed E-state index contributed by atoms with van der Waals surface area (Å²) in [7, 11) is 0. The maximum atomic E-state index is 11.8. The number of amides is 1. The molecule has 1 N–H and O–H groups in total. The number of carbonyl (C=O) groups is 1. The molecule has 2 rings (SSSR count). The van der Waals surface area contributed by atoms with E-state index in [1.54, 1.807) is 6.21 Å². The van der Waals surface area contributed by atoms with Gasteiger partial charge in [0.15, 0.2) is 6.61 Å². The smallest absolute Gasteiger partial charge is 0.277 e. The lowest BCUT2D eigenvalue weighted by Crippen LogP contribution is -2.24. The summed E-state index contributed by atoms with van der Waals surface area (Å²) in [5.74, 6) is 0.327. The maximum Gasteiger partial charge on any atom is 0.277 e. The van der Waals surface area contributed by atoms with E-state index in [2.05, 4.69) is 42.4 Å². The lowest BCUT2D eigenvalue weighted by atomic mass is 10.2. The Labute approximate surface area is 152 Å². The Morgan fingerprint density at radius 3 is 2.57 bits per heavy atom. The Kier molecular flexibility index (Phi) is 6.36. The lowest BCUT2D eigenvalue weighted by molar-refractivity contribution is -0.123. The van der Waals surface area contributed by atoms with Gasteiger partial charge >= 0.3 is 0 Å². The summed E-state index contributed by atoms with van der Waals surface area (Å²) in [6.07, 6.45) is 1.60. The standard InChI is InChI=1S/C17H16Br2N2O2/c1-11-3-5-13(6-4-11)9-20-21-16(22)10-23-17-12(2)7-14(18)8-15(17)19/h3-9H,10H2,1-2H3,(H,21,22). The first-order valence-electron chi connectivity index (χ1n) is 6.92. The van der Waals surface area contributed by atoms with Gasteiger partial charge in [-0.25, -0.2) is 5.43 Å². The second-order valence-corrected chi connectivity index (χ2v) is 6.80. The molecule has 6 heteroatoms. The molecule has 0 aliphatic rings. The van der Waals surface area contributed by atoms with Gasteiger partial charge in [0.2, 0.25) is 0 Å². The van der Waals surface area contributed by atoms with Crippen LogP contribution in [0, 0.1) is 13.8 Å². The number of benzene rings is 2. The lowest BCUT2D eigenvalue weighted by Gasteiger charge is -2.10. The minimum absolute atomic E-state index is 0.105. The molecule has 0 saturated carbocycles. The quantitative estimate of drug-likeness (QED) is 0.555. The van der Waals surface area contributed by atoms with Crippen LogP contribution in [0.4, 0.5) is 0 Å². The second kappa shape index (κ2) is 8.26. The Balaban J connectivity index is 1.87. The van der Waals surface area contributed by atoms with Crippen molar-refractivity contribution in [2.75, 3.05) is 6.61 Å². The molecule has 0 unspecified atom stereocenters. The number of nitrogens with zero attached hydrogens (tertiary/aromatic N) is 1. The van der Waals surface area contributed by atoms with Crippen molar-refractivity contribution in [2.45, 2.75) is 13.8 Å². The van der Waals surface area contributed by atoms with Crippen LogP contribution in [-0.2, 0) is 4.79 Å². The largest absolute Gasteiger partial charge is 0.482 e. The molecule has 0 fully saturated rings. The van der Waals surface area contributed by atoms with E-state index >= 15 is 0 Å². The van der Waals surface area contributed by atoms with E-state index in [0.717, 1.165) is 20.1 Å². The van der Waals surface area contributed by atoms with Crippen molar-refractivity contribution >= 4 is 44.0 Å². The van der Waals surface area contributed by atoms with Crippen LogP contribution in [0.15, 0.2) is 50.4 Å². The van der Waals surface area contributed by atoms with Gasteiger partial charge < -0.3 is 4.74 Å². The topological polar surface area (TPSA) is 50.7 Å². The fourth-order valence-electron chi connectivity index (χ4n) is 1.87. The highest BCUT2D eigenvalue weighted by Gasteiger charge is 2.09. The zero-order valence-corrected chi connectivity index (χ0v) is 15.9. The molecule has 0 bridgehead atoms. The number of halogens is 2.